The van der Waals surface area contributed by atoms with Crippen LogP contribution in [0.1, 0.15) is 72.6 Å². The highest BCUT2D eigenvalue weighted by molar-refractivity contribution is 8.13. The number of alkyl halides is 6. The van der Waals surface area contributed by atoms with Gasteiger partial charge in [-0.1, -0.05) is 47.0 Å². The molecule has 31 heavy (non-hydrogen) atoms. The first-order valence-corrected chi connectivity index (χ1v) is 15.6. The van der Waals surface area contributed by atoms with Gasteiger partial charge in [-0.15, -0.1) is 0 Å². The number of hydrogen-bond donors (Lipinski definition) is 0. The molecule has 0 atom stereocenters. The smallest absolute Gasteiger partial charge is 0.421 e. The van der Waals surface area contributed by atoms with Crippen molar-refractivity contribution in [2.45, 2.75) is 83.7 Å². The first-order chi connectivity index (χ1) is 13.9. The van der Waals surface area contributed by atoms with E-state index < -0.39 is 38.3 Å². The molecule has 0 spiro atoms. The molecule has 5 nitrogen and oxygen atoms in total. The van der Waals surface area contributed by atoms with E-state index in [1.807, 2.05) is 0 Å². The van der Waals surface area contributed by atoms with Gasteiger partial charge in [0.2, 0.25) is 0 Å². The summed E-state index contributed by atoms with van der Waals surface area (Å²) in [6.45, 7) is 9.43. The summed E-state index contributed by atoms with van der Waals surface area (Å²) in [5, 5.41) is 0. The molecule has 0 heterocycles. The SMILES string of the molecule is CCCC[P+](CCC)(CCCC)CCCC.O=S(=O)([N-]S(=O)(=O)C(F)(F)F)C(F)(F)F. The average molecular weight is 526 g/mol. The molecule has 0 saturated carbocycles. The fourth-order valence-corrected chi connectivity index (χ4v) is 9.80. The molecule has 0 aromatic rings. The molecule has 0 amide bonds. The van der Waals surface area contributed by atoms with Crippen molar-refractivity contribution in [1.82, 2.24) is 0 Å². The second-order valence-corrected chi connectivity index (χ2v) is 15.1. The predicted molar refractivity (Wildman–Crippen MR) is 115 cm³/mol. The summed E-state index contributed by atoms with van der Waals surface area (Å²) < 4.78 is 109. The molecule has 0 radical (unpaired) electrons. The summed E-state index contributed by atoms with van der Waals surface area (Å²) in [5.74, 6) is 0. The van der Waals surface area contributed by atoms with E-state index in [9.17, 15) is 43.2 Å². The largest absolute Gasteiger partial charge is 0.480 e. The minimum absolute atomic E-state index is 0.546. The minimum Gasteiger partial charge on any atom is -0.421 e. The number of rotatable bonds is 13. The molecule has 0 aliphatic carbocycles. The fraction of sp³-hybridized carbons (Fsp3) is 1.00. The quantitative estimate of drug-likeness (QED) is 0.194. The van der Waals surface area contributed by atoms with Crippen LogP contribution in [0, 0.1) is 0 Å². The molecule has 0 aliphatic heterocycles. The molecule has 0 unspecified atom stereocenters. The van der Waals surface area contributed by atoms with Crippen LogP contribution in [0.15, 0.2) is 0 Å². The van der Waals surface area contributed by atoms with Crippen LogP contribution >= 0.6 is 7.26 Å². The van der Waals surface area contributed by atoms with E-state index in [1.165, 1.54) is 44.9 Å². The maximum atomic E-state index is 11.4. The van der Waals surface area contributed by atoms with Crippen molar-refractivity contribution in [3.63, 3.8) is 0 Å². The Kier molecular flexibility index (Phi) is 15.1. The van der Waals surface area contributed by atoms with Crippen molar-refractivity contribution in [2.75, 3.05) is 24.6 Å². The third-order valence-electron chi connectivity index (χ3n) is 4.44. The van der Waals surface area contributed by atoms with Crippen molar-refractivity contribution in [1.29, 1.82) is 0 Å². The second-order valence-electron chi connectivity index (χ2n) is 7.21. The number of nitrogens with zero attached hydrogens (tertiary/aromatic N) is 1. The zero-order valence-electron chi connectivity index (χ0n) is 18.4. The summed E-state index contributed by atoms with van der Waals surface area (Å²) in [4.78, 5) is 0. The lowest BCUT2D eigenvalue weighted by Gasteiger charge is -2.27. The molecule has 0 fully saturated rings. The third kappa shape index (κ3) is 12.6. The summed E-state index contributed by atoms with van der Waals surface area (Å²) in [6, 6.07) is 0. The fourth-order valence-electron chi connectivity index (χ4n) is 2.84. The summed E-state index contributed by atoms with van der Waals surface area (Å²) >= 11 is 0. The van der Waals surface area contributed by atoms with Gasteiger partial charge in [0.1, 0.15) is 0 Å². The number of sulfonamides is 2. The van der Waals surface area contributed by atoms with Gasteiger partial charge in [-0.25, -0.2) is 16.8 Å². The van der Waals surface area contributed by atoms with Gasteiger partial charge < -0.3 is 4.13 Å². The molecule has 14 heteroatoms. The van der Waals surface area contributed by atoms with Crippen molar-refractivity contribution in [2.24, 2.45) is 0 Å². The Morgan fingerprint density at radius 3 is 1.06 bits per heavy atom. The van der Waals surface area contributed by atoms with Gasteiger partial charge in [-0.2, -0.15) is 26.3 Å². The Morgan fingerprint density at radius 2 is 0.871 bits per heavy atom. The van der Waals surface area contributed by atoms with Gasteiger partial charge >= 0.3 is 11.0 Å². The molecule has 190 valence electrons. The van der Waals surface area contributed by atoms with E-state index >= 15 is 0 Å². The van der Waals surface area contributed by atoms with Gasteiger partial charge in [0.05, 0.1) is 24.6 Å². The Balaban J connectivity index is 0. The van der Waals surface area contributed by atoms with Crippen LogP contribution in [0.4, 0.5) is 26.3 Å². The molecular weight excluding hydrogens is 491 g/mol. The van der Waals surface area contributed by atoms with Crippen molar-refractivity contribution in [3.05, 3.63) is 4.13 Å². The van der Waals surface area contributed by atoms with Gasteiger partial charge in [0.15, 0.2) is 20.0 Å². The van der Waals surface area contributed by atoms with Crippen molar-refractivity contribution < 1.29 is 43.2 Å². The molecule has 0 N–H and O–H groups in total. The first kappa shape index (κ1) is 33.0. The lowest BCUT2D eigenvalue weighted by atomic mass is 10.4. The Morgan fingerprint density at radius 1 is 0.581 bits per heavy atom. The number of unbranched alkanes of at least 4 members (excludes halogenated alkanes) is 3. The van der Waals surface area contributed by atoms with E-state index in [1.54, 1.807) is 24.6 Å². The Bertz CT molecular complexity index is 631. The lowest BCUT2D eigenvalue weighted by molar-refractivity contribution is -0.0444. The van der Waals surface area contributed by atoms with E-state index in [2.05, 4.69) is 27.7 Å². The molecule has 0 bridgehead atoms. The normalized spacial score (nSPS) is 13.6. The molecule has 0 aliphatic rings. The summed E-state index contributed by atoms with van der Waals surface area (Å²) in [6.07, 6.45) is 16.4. The van der Waals surface area contributed by atoms with Crippen LogP contribution in [0.5, 0.6) is 0 Å². The van der Waals surface area contributed by atoms with E-state index in [0.717, 1.165) is 4.13 Å². The molecule has 0 saturated heterocycles. The van der Waals surface area contributed by atoms with Gasteiger partial charge in [-0.3, -0.25) is 0 Å². The van der Waals surface area contributed by atoms with Gasteiger partial charge in [0.25, 0.3) is 0 Å². The molecule has 0 rings (SSSR count). The standard InChI is InChI=1S/C15H34P.C2F6NO4S2/c1-5-9-13-16(12-8-4,14-10-6-2)15-11-7-3;3-1(4,5)14(10,11)9-15(12,13)2(6,7)8/h5-15H2,1-4H3;/q+1;-1. The van der Waals surface area contributed by atoms with E-state index in [4.69, 9.17) is 0 Å². The Hall–Kier alpha value is -0.130. The van der Waals surface area contributed by atoms with Crippen LogP contribution in [-0.2, 0) is 20.0 Å². The minimum atomic E-state index is -6.72. The van der Waals surface area contributed by atoms with Crippen LogP contribution in [0.2, 0.25) is 0 Å². The van der Waals surface area contributed by atoms with Gasteiger partial charge in [0, 0.05) is 7.26 Å². The third-order valence-corrected chi connectivity index (χ3v) is 12.4. The summed E-state index contributed by atoms with van der Waals surface area (Å²) in [5.41, 5.74) is -12.4. The second kappa shape index (κ2) is 14.2. The van der Waals surface area contributed by atoms with Gasteiger partial charge in [-0.05, 0) is 25.7 Å². The lowest BCUT2D eigenvalue weighted by Crippen LogP contribution is -2.30. The van der Waals surface area contributed by atoms with Crippen LogP contribution < -0.4 is 0 Å². The molecular formula is C17H34F6NO4PS2. The van der Waals surface area contributed by atoms with Crippen LogP contribution in [0.3, 0.4) is 0 Å². The molecule has 0 aromatic carbocycles. The topological polar surface area (TPSA) is 82.4 Å². The highest BCUT2D eigenvalue weighted by Crippen LogP contribution is 2.61. The van der Waals surface area contributed by atoms with E-state index in [0.29, 0.717) is 0 Å². The van der Waals surface area contributed by atoms with Crippen molar-refractivity contribution >= 4 is 27.3 Å². The van der Waals surface area contributed by atoms with Crippen LogP contribution in [-0.4, -0.2) is 52.5 Å². The van der Waals surface area contributed by atoms with Crippen LogP contribution in [0.25, 0.3) is 4.13 Å². The summed E-state index contributed by atoms with van der Waals surface area (Å²) in [7, 11) is -14.0. The zero-order valence-corrected chi connectivity index (χ0v) is 20.9. The average Bonchev–Trinajstić information content (AvgIpc) is 2.61. The number of hydrogen-bond acceptors (Lipinski definition) is 4. The Labute approximate surface area is 183 Å². The zero-order chi connectivity index (χ0) is 25.0. The predicted octanol–water partition coefficient (Wildman–Crippen LogP) is 6.87. The maximum absolute atomic E-state index is 11.4. The monoisotopic (exact) mass is 525 g/mol. The highest BCUT2D eigenvalue weighted by atomic mass is 32.3. The maximum Gasteiger partial charge on any atom is 0.480 e. The molecule has 0 aromatic heterocycles. The highest BCUT2D eigenvalue weighted by Gasteiger charge is 2.47. The van der Waals surface area contributed by atoms with E-state index in [-0.39, 0.29) is 0 Å². The number of halogens is 6. The first-order valence-electron chi connectivity index (χ1n) is 10.2. The van der Waals surface area contributed by atoms with Crippen molar-refractivity contribution in [3.8, 4) is 0 Å².